The van der Waals surface area contributed by atoms with Crippen LogP contribution in [-0.2, 0) is 6.42 Å². The maximum atomic E-state index is 13.4. The number of halogens is 2. The molecule has 0 aliphatic heterocycles. The fourth-order valence-corrected chi connectivity index (χ4v) is 2.85. The quantitative estimate of drug-likeness (QED) is 0.170. The highest BCUT2D eigenvalue weighted by atomic mass is 127. The van der Waals surface area contributed by atoms with Gasteiger partial charge in [-0.25, -0.2) is 4.39 Å². The first-order valence-corrected chi connectivity index (χ1v) is 9.05. The maximum absolute atomic E-state index is 13.4. The van der Waals surface area contributed by atoms with Gasteiger partial charge in [-0.1, -0.05) is 0 Å². The fourth-order valence-electron chi connectivity index (χ4n) is 2.85. The van der Waals surface area contributed by atoms with Crippen molar-refractivity contribution in [3.05, 3.63) is 65.9 Å². The topological polar surface area (TPSA) is 94.2 Å². The third kappa shape index (κ3) is 6.41. The van der Waals surface area contributed by atoms with E-state index in [9.17, 15) is 9.18 Å². The summed E-state index contributed by atoms with van der Waals surface area (Å²) >= 11 is 0. The summed E-state index contributed by atoms with van der Waals surface area (Å²) in [6, 6.07) is 8.16. The van der Waals surface area contributed by atoms with E-state index >= 15 is 0 Å². The monoisotopic (exact) mass is 510 g/mol. The Kier molecular flexibility index (Phi) is 8.84. The van der Waals surface area contributed by atoms with Crippen molar-refractivity contribution in [2.24, 2.45) is 4.99 Å². The van der Waals surface area contributed by atoms with E-state index < -0.39 is 0 Å². The molecule has 0 bridgehead atoms. The molecule has 0 saturated heterocycles. The van der Waals surface area contributed by atoms with Gasteiger partial charge in [-0.3, -0.25) is 14.8 Å². The zero-order valence-corrected chi connectivity index (χ0v) is 18.4. The van der Waals surface area contributed by atoms with Gasteiger partial charge in [0.2, 0.25) is 0 Å². The Morgan fingerprint density at radius 3 is 2.72 bits per heavy atom. The SMILES string of the molecule is CN=C(NCCNC(=O)c1cccnc1)NCCc1c[nH]c2ccc(F)cc12.I. The minimum absolute atomic E-state index is 0. The summed E-state index contributed by atoms with van der Waals surface area (Å²) in [6.45, 7) is 1.63. The van der Waals surface area contributed by atoms with Gasteiger partial charge in [0, 0.05) is 56.2 Å². The molecule has 0 aliphatic carbocycles. The highest BCUT2D eigenvalue weighted by Crippen LogP contribution is 2.19. The molecule has 0 spiro atoms. The number of carbonyl (C=O) groups excluding carboxylic acids is 1. The number of nitrogens with one attached hydrogen (secondary N) is 4. The van der Waals surface area contributed by atoms with E-state index in [0.717, 1.165) is 22.9 Å². The Bertz CT molecular complexity index is 960. The van der Waals surface area contributed by atoms with Crippen molar-refractivity contribution in [3.8, 4) is 0 Å². The van der Waals surface area contributed by atoms with Crippen LogP contribution in [0.25, 0.3) is 10.9 Å². The largest absolute Gasteiger partial charge is 0.361 e. The van der Waals surface area contributed by atoms with Gasteiger partial charge in [-0.05, 0) is 42.3 Å². The molecular formula is C20H24FIN6O. The third-order valence-electron chi connectivity index (χ3n) is 4.27. The molecule has 0 aliphatic rings. The lowest BCUT2D eigenvalue weighted by Gasteiger charge is -2.12. The molecule has 0 radical (unpaired) electrons. The number of carbonyl (C=O) groups is 1. The van der Waals surface area contributed by atoms with Crippen LogP contribution in [-0.4, -0.2) is 48.5 Å². The van der Waals surface area contributed by atoms with Gasteiger partial charge in [-0.15, -0.1) is 24.0 Å². The number of benzene rings is 1. The summed E-state index contributed by atoms with van der Waals surface area (Å²) < 4.78 is 13.4. The van der Waals surface area contributed by atoms with Crippen molar-refractivity contribution in [2.45, 2.75) is 6.42 Å². The van der Waals surface area contributed by atoms with E-state index in [4.69, 9.17) is 0 Å². The second-order valence-electron chi connectivity index (χ2n) is 6.18. The summed E-state index contributed by atoms with van der Waals surface area (Å²) in [6.07, 6.45) is 5.78. The van der Waals surface area contributed by atoms with Crippen LogP contribution in [0.1, 0.15) is 15.9 Å². The van der Waals surface area contributed by atoms with E-state index in [0.29, 0.717) is 31.2 Å². The number of fused-ring (bicyclic) bond motifs is 1. The van der Waals surface area contributed by atoms with Crippen LogP contribution < -0.4 is 16.0 Å². The number of nitrogens with zero attached hydrogens (tertiary/aromatic N) is 2. The average Bonchev–Trinajstić information content (AvgIpc) is 3.12. The Hall–Kier alpha value is -2.69. The minimum atomic E-state index is -0.243. The first-order chi connectivity index (χ1) is 13.7. The number of rotatable bonds is 7. The number of pyridine rings is 1. The Labute approximate surface area is 185 Å². The first-order valence-electron chi connectivity index (χ1n) is 9.05. The van der Waals surface area contributed by atoms with E-state index in [1.54, 1.807) is 37.5 Å². The van der Waals surface area contributed by atoms with E-state index in [-0.39, 0.29) is 35.7 Å². The first kappa shape index (κ1) is 22.6. The van der Waals surface area contributed by atoms with Crippen molar-refractivity contribution in [1.29, 1.82) is 0 Å². The van der Waals surface area contributed by atoms with Crippen LogP contribution in [0.4, 0.5) is 4.39 Å². The zero-order chi connectivity index (χ0) is 19.8. The third-order valence-corrected chi connectivity index (χ3v) is 4.27. The summed E-state index contributed by atoms with van der Waals surface area (Å²) in [5.41, 5.74) is 2.49. The predicted molar refractivity (Wildman–Crippen MR) is 123 cm³/mol. The molecule has 154 valence electrons. The molecule has 0 fully saturated rings. The summed E-state index contributed by atoms with van der Waals surface area (Å²) in [7, 11) is 1.69. The smallest absolute Gasteiger partial charge is 0.252 e. The molecule has 29 heavy (non-hydrogen) atoms. The molecule has 0 atom stereocenters. The van der Waals surface area contributed by atoms with Crippen molar-refractivity contribution >= 4 is 46.7 Å². The number of aliphatic imine (C=N–C) groups is 1. The van der Waals surface area contributed by atoms with Crippen molar-refractivity contribution in [3.63, 3.8) is 0 Å². The normalized spacial score (nSPS) is 11.0. The molecular weight excluding hydrogens is 486 g/mol. The van der Waals surface area contributed by atoms with Crippen molar-refractivity contribution in [1.82, 2.24) is 25.9 Å². The number of amides is 1. The average molecular weight is 510 g/mol. The van der Waals surface area contributed by atoms with Crippen LogP contribution in [0.3, 0.4) is 0 Å². The lowest BCUT2D eigenvalue weighted by Crippen LogP contribution is -2.42. The standard InChI is InChI=1S/C20H23FN6O.HI/c1-22-20(26-10-9-24-19(28)15-3-2-7-23-12-15)25-8-6-14-13-27-18-5-4-16(21)11-17(14)18;/h2-5,7,11-13,27H,6,8-10H2,1H3,(H,24,28)(H2,22,25,26);1H. The molecule has 9 heteroatoms. The van der Waals surface area contributed by atoms with Crippen LogP contribution in [0.15, 0.2) is 53.9 Å². The Morgan fingerprint density at radius 1 is 1.17 bits per heavy atom. The van der Waals surface area contributed by atoms with Gasteiger partial charge in [-0.2, -0.15) is 0 Å². The van der Waals surface area contributed by atoms with Gasteiger partial charge >= 0.3 is 0 Å². The second-order valence-corrected chi connectivity index (χ2v) is 6.18. The molecule has 2 aromatic heterocycles. The van der Waals surface area contributed by atoms with Crippen LogP contribution >= 0.6 is 24.0 Å². The highest BCUT2D eigenvalue weighted by Gasteiger charge is 2.06. The number of aromatic nitrogens is 2. The molecule has 0 unspecified atom stereocenters. The zero-order valence-electron chi connectivity index (χ0n) is 16.0. The molecule has 3 aromatic rings. The summed E-state index contributed by atoms with van der Waals surface area (Å²) in [5.74, 6) is 0.234. The van der Waals surface area contributed by atoms with Crippen molar-refractivity contribution in [2.75, 3.05) is 26.7 Å². The highest BCUT2D eigenvalue weighted by molar-refractivity contribution is 14.0. The molecule has 2 heterocycles. The Morgan fingerprint density at radius 2 is 1.97 bits per heavy atom. The predicted octanol–water partition coefficient (Wildman–Crippen LogP) is 2.46. The lowest BCUT2D eigenvalue weighted by atomic mass is 10.1. The number of guanidine groups is 1. The molecule has 4 N–H and O–H groups in total. The van der Waals surface area contributed by atoms with Crippen LogP contribution in [0, 0.1) is 5.82 Å². The summed E-state index contributed by atoms with van der Waals surface area (Å²) in [5, 5.41) is 10.1. The van der Waals surface area contributed by atoms with E-state index in [1.807, 2.05) is 6.20 Å². The second kappa shape index (κ2) is 11.3. The van der Waals surface area contributed by atoms with Gasteiger partial charge in [0.15, 0.2) is 5.96 Å². The van der Waals surface area contributed by atoms with E-state index in [2.05, 4.69) is 30.9 Å². The summed E-state index contributed by atoms with van der Waals surface area (Å²) in [4.78, 5) is 23.2. The van der Waals surface area contributed by atoms with Gasteiger partial charge in [0.1, 0.15) is 5.82 Å². The molecule has 3 rings (SSSR count). The van der Waals surface area contributed by atoms with Crippen LogP contribution in [0.5, 0.6) is 0 Å². The van der Waals surface area contributed by atoms with Gasteiger partial charge in [0.25, 0.3) is 5.91 Å². The fraction of sp³-hybridized carbons (Fsp3) is 0.250. The number of H-pyrrole nitrogens is 1. The number of hydrogen-bond donors (Lipinski definition) is 4. The molecule has 7 nitrogen and oxygen atoms in total. The number of hydrogen-bond acceptors (Lipinski definition) is 3. The van der Waals surface area contributed by atoms with Gasteiger partial charge < -0.3 is 20.9 Å². The lowest BCUT2D eigenvalue weighted by molar-refractivity contribution is 0.0954. The van der Waals surface area contributed by atoms with Crippen molar-refractivity contribution < 1.29 is 9.18 Å². The Balaban J connectivity index is 0.00000300. The van der Waals surface area contributed by atoms with E-state index in [1.165, 1.54) is 12.3 Å². The van der Waals surface area contributed by atoms with Gasteiger partial charge in [0.05, 0.1) is 5.56 Å². The van der Waals surface area contributed by atoms with Crippen LogP contribution in [0.2, 0.25) is 0 Å². The maximum Gasteiger partial charge on any atom is 0.252 e. The molecule has 1 amide bonds. The number of aromatic amines is 1. The minimum Gasteiger partial charge on any atom is -0.361 e. The molecule has 0 saturated carbocycles. The molecule has 1 aromatic carbocycles.